The molecule has 27 heavy (non-hydrogen) atoms. The topological polar surface area (TPSA) is 41.9 Å². The van der Waals surface area contributed by atoms with E-state index in [0.29, 0.717) is 23.0 Å². The highest BCUT2D eigenvalue weighted by molar-refractivity contribution is 8.15. The Balaban J connectivity index is 1.83. The standard InChI is InChI=1S/C20H18F2N2O2S/c1-12-11-26-17-9-4-3-8-16(17)20(12)24(13(2)25)23-19(27-20)15-7-5-6-14(10-15)18(21)22/h3-10,12,18H,11H2,1-2H3/t12-,20-/m0/s1. The molecule has 1 spiro atoms. The van der Waals surface area contributed by atoms with Crippen molar-refractivity contribution in [3.63, 3.8) is 0 Å². The molecule has 0 radical (unpaired) electrons. The fourth-order valence-electron chi connectivity index (χ4n) is 3.56. The molecule has 0 fully saturated rings. The maximum absolute atomic E-state index is 13.1. The Morgan fingerprint density at radius 2 is 2.07 bits per heavy atom. The number of benzene rings is 2. The number of hydrazone groups is 1. The van der Waals surface area contributed by atoms with E-state index in [2.05, 4.69) is 5.10 Å². The Kier molecular flexibility index (Phi) is 4.42. The Hall–Kier alpha value is -2.41. The van der Waals surface area contributed by atoms with E-state index in [1.54, 1.807) is 12.1 Å². The lowest BCUT2D eigenvalue weighted by molar-refractivity contribution is -0.134. The van der Waals surface area contributed by atoms with Gasteiger partial charge in [0.1, 0.15) is 10.8 Å². The number of rotatable bonds is 2. The zero-order valence-corrected chi connectivity index (χ0v) is 15.7. The molecule has 0 bridgehead atoms. The number of halogens is 2. The van der Waals surface area contributed by atoms with E-state index in [0.717, 1.165) is 5.56 Å². The lowest BCUT2D eigenvalue weighted by Crippen LogP contribution is -2.49. The van der Waals surface area contributed by atoms with E-state index in [1.165, 1.54) is 35.8 Å². The van der Waals surface area contributed by atoms with Crippen LogP contribution in [-0.2, 0) is 9.67 Å². The minimum Gasteiger partial charge on any atom is -0.493 e. The fourth-order valence-corrected chi connectivity index (χ4v) is 5.03. The maximum atomic E-state index is 13.1. The number of alkyl halides is 2. The van der Waals surface area contributed by atoms with Crippen LogP contribution < -0.4 is 4.74 Å². The Bertz CT molecular complexity index is 934. The summed E-state index contributed by atoms with van der Waals surface area (Å²) < 4.78 is 32.1. The zero-order chi connectivity index (χ0) is 19.2. The number of fused-ring (bicyclic) bond motifs is 2. The van der Waals surface area contributed by atoms with E-state index in [9.17, 15) is 13.6 Å². The molecule has 2 atom stereocenters. The summed E-state index contributed by atoms with van der Waals surface area (Å²) in [4.78, 5) is 11.7. The van der Waals surface area contributed by atoms with Gasteiger partial charge in [-0.25, -0.2) is 13.8 Å². The van der Waals surface area contributed by atoms with Gasteiger partial charge in [0.15, 0.2) is 4.87 Å². The van der Waals surface area contributed by atoms with Crippen molar-refractivity contribution < 1.29 is 18.3 Å². The number of carbonyl (C=O) groups is 1. The van der Waals surface area contributed by atoms with Gasteiger partial charge in [-0.05, 0) is 12.1 Å². The van der Waals surface area contributed by atoms with Crippen molar-refractivity contribution in [1.29, 1.82) is 0 Å². The molecule has 2 aromatic rings. The van der Waals surface area contributed by atoms with Gasteiger partial charge in [0.05, 0.1) is 6.61 Å². The molecule has 0 aliphatic carbocycles. The third-order valence-electron chi connectivity index (χ3n) is 4.87. The van der Waals surface area contributed by atoms with Crippen molar-refractivity contribution in [2.75, 3.05) is 6.61 Å². The second kappa shape index (κ2) is 6.64. The van der Waals surface area contributed by atoms with Crippen LogP contribution in [0.5, 0.6) is 5.75 Å². The van der Waals surface area contributed by atoms with E-state index >= 15 is 0 Å². The number of amides is 1. The summed E-state index contributed by atoms with van der Waals surface area (Å²) in [5.41, 5.74) is 1.39. The summed E-state index contributed by atoms with van der Waals surface area (Å²) in [5, 5.41) is 6.58. The van der Waals surface area contributed by atoms with Crippen molar-refractivity contribution in [3.05, 3.63) is 65.2 Å². The quantitative estimate of drug-likeness (QED) is 0.745. The molecule has 4 nitrogen and oxygen atoms in total. The average molecular weight is 388 g/mol. The molecule has 0 unspecified atom stereocenters. The van der Waals surface area contributed by atoms with Crippen LogP contribution >= 0.6 is 11.8 Å². The molecular formula is C20H18F2N2O2S. The van der Waals surface area contributed by atoms with Crippen LogP contribution in [0.25, 0.3) is 0 Å². The smallest absolute Gasteiger partial charge is 0.263 e. The normalized spacial score (nSPS) is 24.0. The van der Waals surface area contributed by atoms with E-state index in [1.807, 2.05) is 31.2 Å². The molecule has 2 aliphatic heterocycles. The summed E-state index contributed by atoms with van der Waals surface area (Å²) in [5.74, 6) is 0.471. The second-order valence-electron chi connectivity index (χ2n) is 6.67. The third-order valence-corrected chi connectivity index (χ3v) is 6.49. The SMILES string of the molecule is CC(=O)N1N=C(c2cccc(C(F)F)c2)S[C@@]12c1ccccc1OC[C@@H]2C. The number of thioether (sulfide) groups is 1. The summed E-state index contributed by atoms with van der Waals surface area (Å²) in [7, 11) is 0. The molecule has 1 amide bonds. The number of hydrogen-bond donors (Lipinski definition) is 0. The minimum atomic E-state index is -2.56. The van der Waals surface area contributed by atoms with Crippen LogP contribution in [0.4, 0.5) is 8.78 Å². The molecule has 4 rings (SSSR count). The average Bonchev–Trinajstić information content (AvgIpc) is 3.07. The van der Waals surface area contributed by atoms with Gasteiger partial charge < -0.3 is 4.74 Å². The molecule has 2 aromatic carbocycles. The van der Waals surface area contributed by atoms with Crippen LogP contribution in [0.15, 0.2) is 53.6 Å². The van der Waals surface area contributed by atoms with Crippen molar-refractivity contribution in [2.45, 2.75) is 25.1 Å². The van der Waals surface area contributed by atoms with Crippen molar-refractivity contribution in [1.82, 2.24) is 5.01 Å². The van der Waals surface area contributed by atoms with Crippen LogP contribution in [0, 0.1) is 5.92 Å². The lowest BCUT2D eigenvalue weighted by atomic mass is 9.90. The molecule has 7 heteroatoms. The summed E-state index contributed by atoms with van der Waals surface area (Å²) in [6.45, 7) is 3.91. The summed E-state index contributed by atoms with van der Waals surface area (Å²) >= 11 is 1.42. The molecule has 0 saturated heterocycles. The van der Waals surface area contributed by atoms with Gasteiger partial charge in [-0.1, -0.05) is 55.1 Å². The van der Waals surface area contributed by atoms with Crippen molar-refractivity contribution in [2.24, 2.45) is 11.0 Å². The predicted octanol–water partition coefficient (Wildman–Crippen LogP) is 4.76. The highest BCUT2D eigenvalue weighted by Crippen LogP contribution is 2.56. The van der Waals surface area contributed by atoms with Gasteiger partial charge in [0.25, 0.3) is 6.43 Å². The van der Waals surface area contributed by atoms with Crippen LogP contribution in [0.2, 0.25) is 0 Å². The summed E-state index contributed by atoms with van der Waals surface area (Å²) in [6.07, 6.45) is -2.56. The fraction of sp³-hybridized carbons (Fsp3) is 0.300. The molecule has 0 N–H and O–H groups in total. The highest BCUT2D eigenvalue weighted by atomic mass is 32.2. The Labute approximate surface area is 160 Å². The number of carbonyl (C=O) groups excluding carboxylic acids is 1. The van der Waals surface area contributed by atoms with Gasteiger partial charge in [-0.15, -0.1) is 0 Å². The first-order chi connectivity index (χ1) is 12.9. The number of hydrogen-bond acceptors (Lipinski definition) is 4. The van der Waals surface area contributed by atoms with Crippen LogP contribution in [-0.4, -0.2) is 22.6 Å². The molecular weight excluding hydrogens is 370 g/mol. The molecule has 0 saturated carbocycles. The van der Waals surface area contributed by atoms with E-state index in [-0.39, 0.29) is 17.4 Å². The van der Waals surface area contributed by atoms with Crippen molar-refractivity contribution in [3.8, 4) is 5.75 Å². The number of para-hydroxylation sites is 1. The monoisotopic (exact) mass is 388 g/mol. The molecule has 0 aromatic heterocycles. The minimum absolute atomic E-state index is 0.0409. The molecule has 2 aliphatic rings. The largest absolute Gasteiger partial charge is 0.493 e. The Morgan fingerprint density at radius 3 is 2.81 bits per heavy atom. The second-order valence-corrected chi connectivity index (χ2v) is 7.88. The number of nitrogens with zero attached hydrogens (tertiary/aromatic N) is 2. The predicted molar refractivity (Wildman–Crippen MR) is 101 cm³/mol. The van der Waals surface area contributed by atoms with Gasteiger partial charge >= 0.3 is 0 Å². The Morgan fingerprint density at radius 1 is 1.30 bits per heavy atom. The van der Waals surface area contributed by atoms with Crippen molar-refractivity contribution >= 4 is 22.7 Å². The van der Waals surface area contributed by atoms with Gasteiger partial charge in [-0.2, -0.15) is 5.10 Å². The third kappa shape index (κ3) is 2.81. The van der Waals surface area contributed by atoms with Crippen LogP contribution in [0.3, 0.4) is 0 Å². The van der Waals surface area contributed by atoms with Crippen LogP contribution in [0.1, 0.15) is 37.0 Å². The maximum Gasteiger partial charge on any atom is 0.263 e. The highest BCUT2D eigenvalue weighted by Gasteiger charge is 2.54. The summed E-state index contributed by atoms with van der Waals surface area (Å²) in [6, 6.07) is 13.7. The first-order valence-corrected chi connectivity index (χ1v) is 9.44. The molecule has 2 heterocycles. The first kappa shape index (κ1) is 18.0. The van der Waals surface area contributed by atoms with Gasteiger partial charge in [0, 0.05) is 29.5 Å². The lowest BCUT2D eigenvalue weighted by Gasteiger charge is -2.43. The first-order valence-electron chi connectivity index (χ1n) is 8.62. The van der Waals surface area contributed by atoms with E-state index in [4.69, 9.17) is 4.74 Å². The number of ether oxygens (including phenoxy) is 1. The van der Waals surface area contributed by atoms with Gasteiger partial charge in [0.2, 0.25) is 5.91 Å². The van der Waals surface area contributed by atoms with Gasteiger partial charge in [-0.3, -0.25) is 4.79 Å². The van der Waals surface area contributed by atoms with E-state index < -0.39 is 11.3 Å². The zero-order valence-electron chi connectivity index (χ0n) is 14.9. The molecule has 140 valence electrons.